The lowest BCUT2D eigenvalue weighted by atomic mass is 9.84. The van der Waals surface area contributed by atoms with Crippen LogP contribution in [-0.2, 0) is 9.59 Å². The molecule has 3 amide bonds. The SMILES string of the molecule is CC(C)(C)CC(=O)Nc1cc(C(=O)N2CCCNCC2)ccc1N1CCN(C(=O)C2CCC2)CC1. The van der Waals surface area contributed by atoms with Crippen LogP contribution in [-0.4, -0.2) is 79.9 Å². The van der Waals surface area contributed by atoms with E-state index in [1.807, 2.05) is 48.8 Å². The highest BCUT2D eigenvalue weighted by molar-refractivity contribution is 6.00. The molecule has 0 spiro atoms. The molecule has 1 aliphatic carbocycles. The van der Waals surface area contributed by atoms with Gasteiger partial charge in [-0.2, -0.15) is 0 Å². The standard InChI is InChI=1S/C27H41N5O3/c1-27(2,3)19-24(33)29-22-18-21(26(35)31-12-5-10-28-11-13-31)8-9-23(22)30-14-16-32(17-15-30)25(34)20-6-4-7-20/h8-9,18,20,28H,4-7,10-17,19H2,1-3H3,(H,29,33). The van der Waals surface area contributed by atoms with Gasteiger partial charge in [0.1, 0.15) is 0 Å². The zero-order chi connectivity index (χ0) is 25.0. The van der Waals surface area contributed by atoms with Crippen molar-refractivity contribution >= 4 is 29.1 Å². The molecule has 35 heavy (non-hydrogen) atoms. The number of amides is 3. The van der Waals surface area contributed by atoms with Crippen molar-refractivity contribution in [3.05, 3.63) is 23.8 Å². The lowest BCUT2D eigenvalue weighted by Gasteiger charge is -2.39. The Bertz CT molecular complexity index is 921. The number of anilines is 2. The molecule has 3 fully saturated rings. The predicted molar refractivity (Wildman–Crippen MR) is 139 cm³/mol. The van der Waals surface area contributed by atoms with Crippen molar-refractivity contribution in [2.75, 3.05) is 62.6 Å². The zero-order valence-electron chi connectivity index (χ0n) is 21.6. The van der Waals surface area contributed by atoms with Crippen molar-refractivity contribution in [3.63, 3.8) is 0 Å². The third kappa shape index (κ3) is 6.54. The summed E-state index contributed by atoms with van der Waals surface area (Å²) in [4.78, 5) is 44.9. The predicted octanol–water partition coefficient (Wildman–Crippen LogP) is 2.95. The average Bonchev–Trinajstić information content (AvgIpc) is 3.06. The zero-order valence-corrected chi connectivity index (χ0v) is 21.6. The Labute approximate surface area is 209 Å². The number of rotatable bonds is 5. The molecular formula is C27H41N5O3. The second-order valence-corrected chi connectivity index (χ2v) is 11.4. The van der Waals surface area contributed by atoms with Gasteiger partial charge in [-0.25, -0.2) is 0 Å². The monoisotopic (exact) mass is 483 g/mol. The molecule has 0 bridgehead atoms. The number of nitrogens with one attached hydrogen (secondary N) is 2. The molecule has 0 radical (unpaired) electrons. The number of piperazine rings is 1. The molecule has 1 aromatic rings. The summed E-state index contributed by atoms with van der Waals surface area (Å²) in [5.74, 6) is 0.458. The van der Waals surface area contributed by atoms with Crippen LogP contribution in [0.15, 0.2) is 18.2 Å². The van der Waals surface area contributed by atoms with E-state index in [1.54, 1.807) is 0 Å². The van der Waals surface area contributed by atoms with Crippen LogP contribution in [0.3, 0.4) is 0 Å². The topological polar surface area (TPSA) is 85.0 Å². The maximum absolute atomic E-state index is 13.3. The molecule has 2 heterocycles. The lowest BCUT2D eigenvalue weighted by molar-refractivity contribution is -0.138. The Morgan fingerprint density at radius 3 is 2.34 bits per heavy atom. The molecule has 2 N–H and O–H groups in total. The van der Waals surface area contributed by atoms with Gasteiger partial charge in [0, 0.05) is 63.7 Å². The Kier molecular flexibility index (Phi) is 7.99. The Hall–Kier alpha value is -2.61. The minimum atomic E-state index is -0.135. The minimum absolute atomic E-state index is 0.00230. The van der Waals surface area contributed by atoms with Gasteiger partial charge < -0.3 is 25.3 Å². The van der Waals surface area contributed by atoms with E-state index in [4.69, 9.17) is 0 Å². The third-order valence-electron chi connectivity index (χ3n) is 7.22. The molecule has 1 saturated carbocycles. The van der Waals surface area contributed by atoms with Crippen LogP contribution < -0.4 is 15.5 Å². The largest absolute Gasteiger partial charge is 0.366 e. The first-order valence-corrected chi connectivity index (χ1v) is 13.2. The van der Waals surface area contributed by atoms with E-state index in [9.17, 15) is 14.4 Å². The van der Waals surface area contributed by atoms with Gasteiger partial charge in [0.05, 0.1) is 11.4 Å². The molecule has 0 atom stereocenters. The van der Waals surface area contributed by atoms with Crippen molar-refractivity contribution in [1.82, 2.24) is 15.1 Å². The van der Waals surface area contributed by atoms with E-state index < -0.39 is 0 Å². The highest BCUT2D eigenvalue weighted by atomic mass is 16.2. The first kappa shape index (κ1) is 25.5. The van der Waals surface area contributed by atoms with Gasteiger partial charge in [-0.05, 0) is 49.4 Å². The van der Waals surface area contributed by atoms with Crippen LogP contribution in [0.1, 0.15) is 63.2 Å². The average molecular weight is 484 g/mol. The van der Waals surface area contributed by atoms with Crippen LogP contribution in [0.25, 0.3) is 0 Å². The summed E-state index contributed by atoms with van der Waals surface area (Å²) in [6.45, 7) is 12.1. The second-order valence-electron chi connectivity index (χ2n) is 11.4. The van der Waals surface area contributed by atoms with Gasteiger partial charge in [-0.1, -0.05) is 27.2 Å². The molecule has 8 heteroatoms. The molecule has 2 saturated heterocycles. The van der Waals surface area contributed by atoms with E-state index in [0.717, 1.165) is 51.0 Å². The smallest absolute Gasteiger partial charge is 0.253 e. The first-order valence-electron chi connectivity index (χ1n) is 13.2. The van der Waals surface area contributed by atoms with Gasteiger partial charge in [-0.15, -0.1) is 0 Å². The molecule has 192 valence electrons. The minimum Gasteiger partial charge on any atom is -0.366 e. The Balaban J connectivity index is 1.51. The molecule has 0 aromatic heterocycles. The quantitative estimate of drug-likeness (QED) is 0.673. The van der Waals surface area contributed by atoms with E-state index in [2.05, 4.69) is 15.5 Å². The third-order valence-corrected chi connectivity index (χ3v) is 7.22. The van der Waals surface area contributed by atoms with Crippen LogP contribution in [0.5, 0.6) is 0 Å². The van der Waals surface area contributed by atoms with Gasteiger partial charge in [0.25, 0.3) is 5.91 Å². The first-order chi connectivity index (χ1) is 16.7. The number of nitrogens with zero attached hydrogens (tertiary/aromatic N) is 3. The van der Waals surface area contributed by atoms with Crippen molar-refractivity contribution < 1.29 is 14.4 Å². The lowest BCUT2D eigenvalue weighted by Crippen LogP contribution is -2.51. The summed E-state index contributed by atoms with van der Waals surface area (Å²) in [5.41, 5.74) is 2.05. The summed E-state index contributed by atoms with van der Waals surface area (Å²) in [7, 11) is 0. The van der Waals surface area contributed by atoms with Crippen molar-refractivity contribution in [2.24, 2.45) is 11.3 Å². The van der Waals surface area contributed by atoms with Gasteiger partial charge in [0.2, 0.25) is 11.8 Å². The fourth-order valence-corrected chi connectivity index (χ4v) is 5.03. The van der Waals surface area contributed by atoms with Crippen LogP contribution in [0.2, 0.25) is 0 Å². The van der Waals surface area contributed by atoms with Crippen molar-refractivity contribution in [2.45, 2.75) is 52.9 Å². The number of hydrogen-bond donors (Lipinski definition) is 2. The van der Waals surface area contributed by atoms with Crippen LogP contribution in [0.4, 0.5) is 11.4 Å². The molecule has 8 nitrogen and oxygen atoms in total. The van der Waals surface area contributed by atoms with Crippen molar-refractivity contribution in [1.29, 1.82) is 0 Å². The summed E-state index contributed by atoms with van der Waals surface area (Å²) >= 11 is 0. The van der Waals surface area contributed by atoms with Gasteiger partial charge in [0.15, 0.2) is 0 Å². The van der Waals surface area contributed by atoms with Crippen LogP contribution >= 0.6 is 0 Å². The molecule has 0 unspecified atom stereocenters. The highest BCUT2D eigenvalue weighted by Gasteiger charge is 2.32. The number of carbonyl (C=O) groups is 3. The molecule has 1 aromatic carbocycles. The van der Waals surface area contributed by atoms with Gasteiger partial charge in [-0.3, -0.25) is 14.4 Å². The molecular weight excluding hydrogens is 442 g/mol. The number of hydrogen-bond acceptors (Lipinski definition) is 5. The van der Waals surface area contributed by atoms with E-state index in [0.29, 0.717) is 56.3 Å². The van der Waals surface area contributed by atoms with Gasteiger partial charge >= 0.3 is 0 Å². The number of carbonyl (C=O) groups excluding carboxylic acids is 3. The maximum Gasteiger partial charge on any atom is 0.253 e. The molecule has 2 aliphatic heterocycles. The van der Waals surface area contributed by atoms with Crippen molar-refractivity contribution in [3.8, 4) is 0 Å². The normalized spacial score (nSPS) is 19.7. The highest BCUT2D eigenvalue weighted by Crippen LogP contribution is 2.32. The van der Waals surface area contributed by atoms with E-state index >= 15 is 0 Å². The fourth-order valence-electron chi connectivity index (χ4n) is 5.03. The second kappa shape index (κ2) is 11.0. The summed E-state index contributed by atoms with van der Waals surface area (Å²) < 4.78 is 0. The van der Waals surface area contributed by atoms with E-state index in [1.165, 1.54) is 0 Å². The molecule has 4 rings (SSSR count). The maximum atomic E-state index is 13.3. The Morgan fingerprint density at radius 1 is 0.943 bits per heavy atom. The summed E-state index contributed by atoms with van der Waals surface area (Å²) in [5, 5.41) is 6.44. The summed E-state index contributed by atoms with van der Waals surface area (Å²) in [6, 6.07) is 5.67. The fraction of sp³-hybridized carbons (Fsp3) is 0.667. The Morgan fingerprint density at radius 2 is 1.69 bits per heavy atom. The van der Waals surface area contributed by atoms with Crippen LogP contribution in [0, 0.1) is 11.3 Å². The molecule has 3 aliphatic rings. The van der Waals surface area contributed by atoms with E-state index in [-0.39, 0.29) is 23.1 Å². The summed E-state index contributed by atoms with van der Waals surface area (Å²) in [6.07, 6.45) is 4.53. The number of benzene rings is 1.